The number of rotatable bonds is 2. The monoisotopic (exact) mass is 206 g/mol. The molecular formula is C14H19F. The molecule has 0 aliphatic heterocycles. The van der Waals surface area contributed by atoms with Gasteiger partial charge in [-0.05, 0) is 55.2 Å². The maximum Gasteiger partial charge on any atom is 0.126 e. The largest absolute Gasteiger partial charge is 0.207 e. The topological polar surface area (TPSA) is 0 Å². The summed E-state index contributed by atoms with van der Waals surface area (Å²) < 4.78 is 13.7. The zero-order chi connectivity index (χ0) is 10.8. The van der Waals surface area contributed by atoms with Gasteiger partial charge in [0.15, 0.2) is 0 Å². The van der Waals surface area contributed by atoms with Gasteiger partial charge >= 0.3 is 0 Å². The van der Waals surface area contributed by atoms with Crippen LogP contribution in [0.3, 0.4) is 0 Å². The molecule has 1 heteroatoms. The van der Waals surface area contributed by atoms with Crippen LogP contribution < -0.4 is 0 Å². The van der Waals surface area contributed by atoms with Crippen molar-refractivity contribution in [3.63, 3.8) is 0 Å². The Balaban J connectivity index is 2.23. The highest BCUT2D eigenvalue weighted by molar-refractivity contribution is 5.31. The second-order valence-electron chi connectivity index (χ2n) is 4.75. The Morgan fingerprint density at radius 3 is 2.73 bits per heavy atom. The van der Waals surface area contributed by atoms with E-state index in [2.05, 4.69) is 6.92 Å². The van der Waals surface area contributed by atoms with Crippen LogP contribution in [-0.4, -0.2) is 0 Å². The lowest BCUT2D eigenvalue weighted by atomic mass is 9.92. The Kier molecular flexibility index (Phi) is 3.08. The van der Waals surface area contributed by atoms with Crippen molar-refractivity contribution < 1.29 is 4.39 Å². The number of hydrogen-bond donors (Lipinski definition) is 0. The van der Waals surface area contributed by atoms with E-state index < -0.39 is 0 Å². The normalized spacial score (nSPS) is 25.8. The van der Waals surface area contributed by atoms with Gasteiger partial charge in [0.2, 0.25) is 0 Å². The van der Waals surface area contributed by atoms with E-state index in [9.17, 15) is 4.39 Å². The first-order valence-electron chi connectivity index (χ1n) is 5.97. The van der Waals surface area contributed by atoms with Gasteiger partial charge in [0.1, 0.15) is 5.82 Å². The van der Waals surface area contributed by atoms with E-state index in [1.807, 2.05) is 13.0 Å². The fourth-order valence-electron chi connectivity index (χ4n) is 2.87. The van der Waals surface area contributed by atoms with E-state index in [0.717, 1.165) is 17.0 Å². The van der Waals surface area contributed by atoms with Gasteiger partial charge < -0.3 is 0 Å². The smallest absolute Gasteiger partial charge is 0.126 e. The lowest BCUT2D eigenvalue weighted by Gasteiger charge is -2.14. The van der Waals surface area contributed by atoms with Gasteiger partial charge in [-0.1, -0.05) is 25.5 Å². The summed E-state index contributed by atoms with van der Waals surface area (Å²) in [7, 11) is 0. The average molecular weight is 206 g/mol. The van der Waals surface area contributed by atoms with E-state index in [0.29, 0.717) is 5.92 Å². The van der Waals surface area contributed by atoms with Crippen LogP contribution in [0.15, 0.2) is 18.2 Å². The van der Waals surface area contributed by atoms with Gasteiger partial charge in [0.25, 0.3) is 0 Å². The summed E-state index contributed by atoms with van der Waals surface area (Å²) in [4.78, 5) is 0. The van der Waals surface area contributed by atoms with E-state index in [-0.39, 0.29) is 5.82 Å². The summed E-state index contributed by atoms with van der Waals surface area (Å²) in [5.74, 6) is 1.28. The van der Waals surface area contributed by atoms with Gasteiger partial charge in [0.05, 0.1) is 0 Å². The van der Waals surface area contributed by atoms with Crippen LogP contribution in [0.2, 0.25) is 0 Å². The van der Waals surface area contributed by atoms with E-state index >= 15 is 0 Å². The van der Waals surface area contributed by atoms with Gasteiger partial charge in [0, 0.05) is 0 Å². The zero-order valence-electron chi connectivity index (χ0n) is 9.59. The molecule has 82 valence electrons. The summed E-state index contributed by atoms with van der Waals surface area (Å²) in [6.45, 7) is 4.26. The van der Waals surface area contributed by atoms with Crippen molar-refractivity contribution in [1.29, 1.82) is 0 Å². The minimum atomic E-state index is -0.00301. The van der Waals surface area contributed by atoms with Crippen molar-refractivity contribution >= 4 is 0 Å². The number of hydrogen-bond acceptors (Lipinski definition) is 0. The third kappa shape index (κ3) is 2.06. The minimum absolute atomic E-state index is 0.00301. The fraction of sp³-hybridized carbons (Fsp3) is 0.571. The molecule has 1 aliphatic carbocycles. The molecule has 1 aromatic rings. The van der Waals surface area contributed by atoms with Crippen LogP contribution in [0.5, 0.6) is 0 Å². The average Bonchev–Trinajstić information content (AvgIpc) is 2.66. The molecule has 0 bridgehead atoms. The van der Waals surface area contributed by atoms with Crippen LogP contribution >= 0.6 is 0 Å². The van der Waals surface area contributed by atoms with Crippen molar-refractivity contribution in [3.05, 3.63) is 35.1 Å². The van der Waals surface area contributed by atoms with Crippen molar-refractivity contribution in [2.45, 2.75) is 45.4 Å². The molecule has 0 aromatic heterocycles. The van der Waals surface area contributed by atoms with Crippen LogP contribution in [0, 0.1) is 18.7 Å². The van der Waals surface area contributed by atoms with Crippen LogP contribution in [0.25, 0.3) is 0 Å². The second-order valence-corrected chi connectivity index (χ2v) is 4.75. The Bertz CT molecular complexity index is 323. The van der Waals surface area contributed by atoms with Crippen molar-refractivity contribution in [2.24, 2.45) is 5.92 Å². The minimum Gasteiger partial charge on any atom is -0.207 e. The third-order valence-electron chi connectivity index (χ3n) is 3.80. The first kappa shape index (κ1) is 10.7. The van der Waals surface area contributed by atoms with Gasteiger partial charge in [-0.3, -0.25) is 0 Å². The van der Waals surface area contributed by atoms with Crippen LogP contribution in [-0.2, 0) is 0 Å². The highest BCUT2D eigenvalue weighted by atomic mass is 19.1. The molecule has 1 fully saturated rings. The maximum absolute atomic E-state index is 13.7. The van der Waals surface area contributed by atoms with Crippen LogP contribution in [0.1, 0.15) is 49.7 Å². The summed E-state index contributed by atoms with van der Waals surface area (Å²) in [6.07, 6.45) is 4.86. The fourth-order valence-corrected chi connectivity index (χ4v) is 2.87. The number of aryl methyl sites for hydroxylation is 1. The van der Waals surface area contributed by atoms with Crippen molar-refractivity contribution in [3.8, 4) is 0 Å². The lowest BCUT2D eigenvalue weighted by molar-refractivity contribution is 0.513. The lowest BCUT2D eigenvalue weighted by Crippen LogP contribution is -2.01. The Morgan fingerprint density at radius 2 is 2.13 bits per heavy atom. The van der Waals surface area contributed by atoms with Crippen molar-refractivity contribution in [2.75, 3.05) is 0 Å². The van der Waals surface area contributed by atoms with E-state index in [4.69, 9.17) is 0 Å². The molecule has 2 unspecified atom stereocenters. The summed E-state index contributed by atoms with van der Waals surface area (Å²) >= 11 is 0. The summed E-state index contributed by atoms with van der Waals surface area (Å²) in [5, 5.41) is 0. The molecule has 15 heavy (non-hydrogen) atoms. The third-order valence-corrected chi connectivity index (χ3v) is 3.80. The molecule has 2 atom stereocenters. The molecule has 1 saturated carbocycles. The van der Waals surface area contributed by atoms with Gasteiger partial charge in [-0.15, -0.1) is 0 Å². The predicted molar refractivity (Wildman–Crippen MR) is 61.5 cm³/mol. The summed E-state index contributed by atoms with van der Waals surface area (Å²) in [5.41, 5.74) is 2.10. The maximum atomic E-state index is 13.7. The number of halogens is 1. The Labute approximate surface area is 91.5 Å². The molecule has 0 N–H and O–H groups in total. The molecule has 0 nitrogen and oxygen atoms in total. The molecule has 0 amide bonds. The van der Waals surface area contributed by atoms with E-state index in [1.54, 1.807) is 12.1 Å². The molecule has 0 radical (unpaired) electrons. The number of benzene rings is 1. The summed E-state index contributed by atoms with van der Waals surface area (Å²) in [6, 6.07) is 5.43. The first-order valence-corrected chi connectivity index (χ1v) is 5.97. The first-order chi connectivity index (χ1) is 7.22. The zero-order valence-corrected chi connectivity index (χ0v) is 9.59. The highest BCUT2D eigenvalue weighted by Crippen LogP contribution is 2.41. The standard InChI is InChI=1S/C14H19F/c1-3-11-7-8-12(9-11)14-10(2)5-4-6-13(14)15/h4-6,11-12H,3,7-9H2,1-2H3. The van der Waals surface area contributed by atoms with Crippen LogP contribution in [0.4, 0.5) is 4.39 Å². The Hall–Kier alpha value is -0.850. The SMILES string of the molecule is CCC1CCC(c2c(C)cccc2F)C1. The Morgan fingerprint density at radius 1 is 1.33 bits per heavy atom. The molecule has 0 spiro atoms. The molecule has 0 saturated heterocycles. The molecule has 2 rings (SSSR count). The second kappa shape index (κ2) is 4.34. The van der Waals surface area contributed by atoms with Gasteiger partial charge in [-0.2, -0.15) is 0 Å². The molecule has 0 heterocycles. The molecule has 1 aromatic carbocycles. The predicted octanol–water partition coefficient (Wildman–Crippen LogP) is 4.43. The van der Waals surface area contributed by atoms with Crippen molar-refractivity contribution in [1.82, 2.24) is 0 Å². The highest BCUT2D eigenvalue weighted by Gasteiger charge is 2.27. The molecular weight excluding hydrogens is 187 g/mol. The quantitative estimate of drug-likeness (QED) is 0.671. The molecule has 1 aliphatic rings. The van der Waals surface area contributed by atoms with Gasteiger partial charge in [-0.25, -0.2) is 4.39 Å². The van der Waals surface area contributed by atoms with E-state index in [1.165, 1.54) is 25.7 Å².